The van der Waals surface area contributed by atoms with Gasteiger partial charge in [0.2, 0.25) is 0 Å². The maximum Gasteiger partial charge on any atom is 0.199 e. The summed E-state index contributed by atoms with van der Waals surface area (Å²) < 4.78 is 5.68. The standard InChI is InChI=1S/C15H19NO2/c1-10-7-11(2)15-12(8-10)9-14(18-15)13(17)5-6-16(3)4/h7-9H,5-6H2,1-4H3. The molecule has 0 aliphatic carbocycles. The van der Waals surface area contributed by atoms with Crippen LogP contribution in [0.15, 0.2) is 22.6 Å². The minimum Gasteiger partial charge on any atom is -0.453 e. The minimum absolute atomic E-state index is 0.0666. The molecule has 0 N–H and O–H groups in total. The van der Waals surface area contributed by atoms with Gasteiger partial charge in [-0.25, -0.2) is 0 Å². The number of ketones is 1. The maximum atomic E-state index is 12.0. The number of aryl methyl sites for hydroxylation is 2. The maximum absolute atomic E-state index is 12.0. The predicted octanol–water partition coefficient (Wildman–Crippen LogP) is 3.18. The van der Waals surface area contributed by atoms with Crippen LogP contribution in [0.3, 0.4) is 0 Å². The summed E-state index contributed by atoms with van der Waals surface area (Å²) >= 11 is 0. The summed E-state index contributed by atoms with van der Waals surface area (Å²) in [4.78, 5) is 14.0. The van der Waals surface area contributed by atoms with Crippen LogP contribution in [0.2, 0.25) is 0 Å². The van der Waals surface area contributed by atoms with Crippen molar-refractivity contribution in [3.8, 4) is 0 Å². The third-order valence-electron chi connectivity index (χ3n) is 3.01. The fraction of sp³-hybridized carbons (Fsp3) is 0.400. The Hall–Kier alpha value is -1.61. The van der Waals surface area contributed by atoms with Crippen molar-refractivity contribution < 1.29 is 9.21 Å². The van der Waals surface area contributed by atoms with Gasteiger partial charge >= 0.3 is 0 Å². The van der Waals surface area contributed by atoms with Crippen molar-refractivity contribution in [2.45, 2.75) is 20.3 Å². The molecule has 3 heteroatoms. The molecule has 96 valence electrons. The first-order chi connectivity index (χ1) is 8.47. The molecule has 0 spiro atoms. The van der Waals surface area contributed by atoms with Gasteiger partial charge in [-0.3, -0.25) is 4.79 Å². The zero-order chi connectivity index (χ0) is 13.3. The van der Waals surface area contributed by atoms with Gasteiger partial charge in [0.25, 0.3) is 0 Å². The fourth-order valence-electron chi connectivity index (χ4n) is 2.10. The molecule has 2 rings (SSSR count). The molecule has 0 atom stereocenters. The van der Waals surface area contributed by atoms with Crippen LogP contribution >= 0.6 is 0 Å². The third kappa shape index (κ3) is 2.62. The van der Waals surface area contributed by atoms with E-state index in [1.165, 1.54) is 5.56 Å². The third-order valence-corrected chi connectivity index (χ3v) is 3.01. The summed E-state index contributed by atoms with van der Waals surface area (Å²) in [6.45, 7) is 4.80. The van der Waals surface area contributed by atoms with E-state index in [1.807, 2.05) is 38.9 Å². The largest absolute Gasteiger partial charge is 0.453 e. The molecule has 0 aliphatic heterocycles. The highest BCUT2D eigenvalue weighted by atomic mass is 16.3. The van der Waals surface area contributed by atoms with Gasteiger partial charge in [0.15, 0.2) is 11.5 Å². The predicted molar refractivity (Wildman–Crippen MR) is 73.2 cm³/mol. The summed E-state index contributed by atoms with van der Waals surface area (Å²) in [6, 6.07) is 5.97. The molecule has 1 aromatic carbocycles. The van der Waals surface area contributed by atoms with E-state index in [9.17, 15) is 4.79 Å². The summed E-state index contributed by atoms with van der Waals surface area (Å²) in [7, 11) is 3.92. The number of carbonyl (C=O) groups excluding carboxylic acids is 1. The summed E-state index contributed by atoms with van der Waals surface area (Å²) in [5, 5.41) is 1.01. The lowest BCUT2D eigenvalue weighted by atomic mass is 10.1. The highest BCUT2D eigenvalue weighted by molar-refractivity contribution is 5.98. The molecule has 0 amide bonds. The average Bonchev–Trinajstić information content (AvgIpc) is 2.69. The molecule has 2 aromatic rings. The number of hydrogen-bond acceptors (Lipinski definition) is 3. The van der Waals surface area contributed by atoms with Crippen molar-refractivity contribution >= 4 is 16.8 Å². The number of rotatable bonds is 4. The molecule has 1 heterocycles. The summed E-state index contributed by atoms with van der Waals surface area (Å²) in [5.74, 6) is 0.539. The fourth-order valence-corrected chi connectivity index (χ4v) is 2.10. The lowest BCUT2D eigenvalue weighted by molar-refractivity contribution is 0.0947. The van der Waals surface area contributed by atoms with E-state index in [0.29, 0.717) is 12.2 Å². The number of carbonyl (C=O) groups is 1. The van der Waals surface area contributed by atoms with E-state index in [-0.39, 0.29) is 5.78 Å². The second-order valence-electron chi connectivity index (χ2n) is 5.09. The van der Waals surface area contributed by atoms with Gasteiger partial charge in [-0.15, -0.1) is 0 Å². The molecular formula is C15H19NO2. The van der Waals surface area contributed by atoms with Gasteiger partial charge in [0.1, 0.15) is 5.58 Å². The number of Topliss-reactive ketones (excluding diaryl/α,β-unsaturated/α-hetero) is 1. The second kappa shape index (κ2) is 4.94. The normalized spacial score (nSPS) is 11.4. The first kappa shape index (κ1) is 12.8. The van der Waals surface area contributed by atoms with Crippen LogP contribution < -0.4 is 0 Å². The van der Waals surface area contributed by atoms with Gasteiger partial charge < -0.3 is 9.32 Å². The van der Waals surface area contributed by atoms with E-state index in [2.05, 4.69) is 12.1 Å². The average molecular weight is 245 g/mol. The van der Waals surface area contributed by atoms with Crippen LogP contribution in [-0.4, -0.2) is 31.3 Å². The van der Waals surface area contributed by atoms with Gasteiger partial charge in [-0.2, -0.15) is 0 Å². The molecule has 0 aliphatic rings. The van der Waals surface area contributed by atoms with Gasteiger partial charge in [-0.05, 0) is 45.6 Å². The highest BCUT2D eigenvalue weighted by Gasteiger charge is 2.13. The topological polar surface area (TPSA) is 33.5 Å². The lowest BCUT2D eigenvalue weighted by Crippen LogP contribution is -2.16. The number of fused-ring (bicyclic) bond motifs is 1. The van der Waals surface area contributed by atoms with Crippen molar-refractivity contribution in [1.29, 1.82) is 0 Å². The Labute approximate surface area is 107 Å². The number of hydrogen-bond donors (Lipinski definition) is 0. The Morgan fingerprint density at radius 1 is 1.22 bits per heavy atom. The van der Waals surface area contributed by atoms with Gasteiger partial charge in [0.05, 0.1) is 0 Å². The van der Waals surface area contributed by atoms with Gasteiger partial charge in [-0.1, -0.05) is 11.6 Å². The highest BCUT2D eigenvalue weighted by Crippen LogP contribution is 2.25. The summed E-state index contributed by atoms with van der Waals surface area (Å²) in [5.41, 5.74) is 3.10. The monoisotopic (exact) mass is 245 g/mol. The molecule has 0 fully saturated rings. The lowest BCUT2D eigenvalue weighted by Gasteiger charge is -2.06. The van der Waals surface area contributed by atoms with Crippen LogP contribution in [0, 0.1) is 13.8 Å². The molecule has 0 radical (unpaired) electrons. The zero-order valence-corrected chi connectivity index (χ0v) is 11.4. The Kier molecular flexibility index (Phi) is 3.53. The van der Waals surface area contributed by atoms with Crippen LogP contribution in [0.25, 0.3) is 11.0 Å². The van der Waals surface area contributed by atoms with Crippen LogP contribution in [-0.2, 0) is 0 Å². The van der Waals surface area contributed by atoms with Crippen molar-refractivity contribution in [2.24, 2.45) is 0 Å². The molecule has 3 nitrogen and oxygen atoms in total. The molecule has 1 aromatic heterocycles. The summed E-state index contributed by atoms with van der Waals surface area (Å²) in [6.07, 6.45) is 0.491. The van der Waals surface area contributed by atoms with Crippen molar-refractivity contribution in [2.75, 3.05) is 20.6 Å². The molecular weight excluding hydrogens is 226 g/mol. The van der Waals surface area contributed by atoms with E-state index in [4.69, 9.17) is 4.42 Å². The van der Waals surface area contributed by atoms with E-state index in [0.717, 1.165) is 23.1 Å². The molecule has 18 heavy (non-hydrogen) atoms. The minimum atomic E-state index is 0.0666. The Balaban J connectivity index is 2.30. The van der Waals surface area contributed by atoms with Crippen molar-refractivity contribution in [3.63, 3.8) is 0 Å². The molecule has 0 saturated heterocycles. The van der Waals surface area contributed by atoms with Crippen LogP contribution in [0.4, 0.5) is 0 Å². The van der Waals surface area contributed by atoms with Crippen LogP contribution in [0.1, 0.15) is 28.1 Å². The first-order valence-electron chi connectivity index (χ1n) is 6.16. The van der Waals surface area contributed by atoms with Gasteiger partial charge in [0, 0.05) is 18.4 Å². The quantitative estimate of drug-likeness (QED) is 0.776. The zero-order valence-electron chi connectivity index (χ0n) is 11.4. The smallest absolute Gasteiger partial charge is 0.199 e. The molecule has 0 bridgehead atoms. The Morgan fingerprint density at radius 2 is 1.94 bits per heavy atom. The van der Waals surface area contributed by atoms with Crippen molar-refractivity contribution in [3.05, 3.63) is 35.1 Å². The molecule has 0 saturated carbocycles. The SMILES string of the molecule is Cc1cc(C)c2oc(C(=O)CCN(C)C)cc2c1. The Morgan fingerprint density at radius 3 is 2.61 bits per heavy atom. The number of furan rings is 1. The van der Waals surface area contributed by atoms with E-state index in [1.54, 1.807) is 0 Å². The first-order valence-corrected chi connectivity index (χ1v) is 6.16. The van der Waals surface area contributed by atoms with E-state index < -0.39 is 0 Å². The number of nitrogens with zero attached hydrogens (tertiary/aromatic N) is 1. The number of benzene rings is 1. The van der Waals surface area contributed by atoms with E-state index >= 15 is 0 Å². The second-order valence-corrected chi connectivity index (χ2v) is 5.09. The van der Waals surface area contributed by atoms with Crippen LogP contribution in [0.5, 0.6) is 0 Å². The van der Waals surface area contributed by atoms with Crippen molar-refractivity contribution in [1.82, 2.24) is 4.90 Å². The molecule has 0 unspecified atom stereocenters. The Bertz CT molecular complexity index is 581.